The van der Waals surface area contributed by atoms with Crippen LogP contribution in [0.3, 0.4) is 0 Å². The van der Waals surface area contributed by atoms with Crippen molar-refractivity contribution in [1.82, 2.24) is 9.78 Å². The summed E-state index contributed by atoms with van der Waals surface area (Å²) in [6.45, 7) is 4.12. The Bertz CT molecular complexity index is 534. The molecule has 0 radical (unpaired) electrons. The minimum absolute atomic E-state index is 0.100. The number of aromatic nitrogens is 2. The number of nitrogens with two attached hydrogens (primary N) is 1. The van der Waals surface area contributed by atoms with E-state index < -0.39 is 0 Å². The number of nitrogens with zero attached hydrogens (tertiary/aromatic N) is 2. The van der Waals surface area contributed by atoms with Crippen LogP contribution in [0, 0.1) is 6.92 Å². The van der Waals surface area contributed by atoms with E-state index in [1.165, 1.54) is 10.5 Å². The average molecular weight is 261 g/mol. The van der Waals surface area contributed by atoms with Crippen LogP contribution in [0.15, 0.2) is 40.3 Å². The fourth-order valence-corrected chi connectivity index (χ4v) is 3.01. The fraction of sp³-hybridized carbons (Fsp3) is 0.357. The first-order chi connectivity index (χ1) is 8.61. The van der Waals surface area contributed by atoms with E-state index in [4.69, 9.17) is 5.73 Å². The van der Waals surface area contributed by atoms with Gasteiger partial charge in [0, 0.05) is 18.0 Å². The standard InChI is InChI=1S/C14H19N3S/c1-4-12(15)11-7-5-6-8-13(11)18-14-9-10(2)16-17(14)3/h5-9,12H,4,15H2,1-3H3/t12-/m0/s1. The van der Waals surface area contributed by atoms with Gasteiger partial charge in [0.05, 0.1) is 10.7 Å². The summed E-state index contributed by atoms with van der Waals surface area (Å²) < 4.78 is 1.91. The van der Waals surface area contributed by atoms with Crippen molar-refractivity contribution in [3.63, 3.8) is 0 Å². The zero-order chi connectivity index (χ0) is 13.1. The first-order valence-electron chi connectivity index (χ1n) is 6.14. The Hall–Kier alpha value is -1.26. The van der Waals surface area contributed by atoms with Gasteiger partial charge < -0.3 is 5.73 Å². The topological polar surface area (TPSA) is 43.8 Å². The van der Waals surface area contributed by atoms with E-state index in [0.717, 1.165) is 17.1 Å². The third-order valence-corrected chi connectivity index (χ3v) is 4.11. The molecule has 0 saturated carbocycles. The molecule has 1 heterocycles. The predicted octanol–water partition coefficient (Wildman–Crippen LogP) is 3.29. The van der Waals surface area contributed by atoms with Gasteiger partial charge in [0.15, 0.2) is 0 Å². The number of rotatable bonds is 4. The second-order valence-corrected chi connectivity index (χ2v) is 5.46. The summed E-state index contributed by atoms with van der Waals surface area (Å²) in [6.07, 6.45) is 0.946. The molecule has 4 heteroatoms. The third-order valence-electron chi connectivity index (χ3n) is 2.93. The van der Waals surface area contributed by atoms with Crippen molar-refractivity contribution in [3.8, 4) is 0 Å². The number of hydrogen-bond donors (Lipinski definition) is 1. The Morgan fingerprint density at radius 3 is 2.72 bits per heavy atom. The highest BCUT2D eigenvalue weighted by molar-refractivity contribution is 7.99. The highest BCUT2D eigenvalue weighted by Gasteiger charge is 2.11. The molecule has 18 heavy (non-hydrogen) atoms. The summed E-state index contributed by atoms with van der Waals surface area (Å²) in [5, 5.41) is 5.51. The van der Waals surface area contributed by atoms with E-state index in [2.05, 4.69) is 36.3 Å². The lowest BCUT2D eigenvalue weighted by molar-refractivity contribution is 0.681. The van der Waals surface area contributed by atoms with E-state index in [1.54, 1.807) is 11.8 Å². The van der Waals surface area contributed by atoms with Crippen molar-refractivity contribution in [2.45, 2.75) is 36.2 Å². The maximum absolute atomic E-state index is 6.16. The molecule has 2 aromatic rings. The van der Waals surface area contributed by atoms with E-state index >= 15 is 0 Å². The van der Waals surface area contributed by atoms with Gasteiger partial charge in [-0.05, 0) is 31.0 Å². The first kappa shape index (κ1) is 13.2. The van der Waals surface area contributed by atoms with Crippen molar-refractivity contribution in [3.05, 3.63) is 41.6 Å². The van der Waals surface area contributed by atoms with Gasteiger partial charge in [0.25, 0.3) is 0 Å². The SMILES string of the molecule is CC[C@H](N)c1ccccc1Sc1cc(C)nn1C. The third kappa shape index (κ3) is 2.76. The summed E-state index contributed by atoms with van der Waals surface area (Å²) in [7, 11) is 1.97. The molecule has 0 saturated heterocycles. The summed E-state index contributed by atoms with van der Waals surface area (Å²) in [6, 6.07) is 10.5. The van der Waals surface area contributed by atoms with Crippen LogP contribution >= 0.6 is 11.8 Å². The van der Waals surface area contributed by atoms with Crippen molar-refractivity contribution in [2.75, 3.05) is 0 Å². The zero-order valence-electron chi connectivity index (χ0n) is 11.1. The molecule has 1 aromatic carbocycles. The molecule has 1 atom stereocenters. The van der Waals surface area contributed by atoms with Crippen LogP contribution in [-0.2, 0) is 7.05 Å². The highest BCUT2D eigenvalue weighted by atomic mass is 32.2. The summed E-state index contributed by atoms with van der Waals surface area (Å²) in [5.41, 5.74) is 8.41. The van der Waals surface area contributed by atoms with Gasteiger partial charge in [-0.25, -0.2) is 0 Å². The number of benzene rings is 1. The molecule has 0 fully saturated rings. The Balaban J connectivity index is 2.31. The highest BCUT2D eigenvalue weighted by Crippen LogP contribution is 2.33. The molecule has 0 unspecified atom stereocenters. The van der Waals surface area contributed by atoms with Crippen LogP contribution in [0.25, 0.3) is 0 Å². The lowest BCUT2D eigenvalue weighted by Gasteiger charge is -2.14. The molecular formula is C14H19N3S. The van der Waals surface area contributed by atoms with Crippen LogP contribution in [0.2, 0.25) is 0 Å². The van der Waals surface area contributed by atoms with Crippen molar-refractivity contribution >= 4 is 11.8 Å². The molecular weight excluding hydrogens is 242 g/mol. The van der Waals surface area contributed by atoms with Crippen LogP contribution < -0.4 is 5.73 Å². The Labute approximate surface area is 112 Å². The minimum atomic E-state index is 0.100. The monoisotopic (exact) mass is 261 g/mol. The van der Waals surface area contributed by atoms with Gasteiger partial charge in [-0.3, -0.25) is 4.68 Å². The molecule has 96 valence electrons. The van der Waals surface area contributed by atoms with Crippen LogP contribution in [0.4, 0.5) is 0 Å². The van der Waals surface area contributed by atoms with Gasteiger partial charge in [-0.15, -0.1) is 0 Å². The normalized spacial score (nSPS) is 12.7. The molecule has 0 bridgehead atoms. The summed E-state index contributed by atoms with van der Waals surface area (Å²) in [4.78, 5) is 1.22. The van der Waals surface area contributed by atoms with E-state index in [-0.39, 0.29) is 6.04 Å². The Morgan fingerprint density at radius 2 is 2.11 bits per heavy atom. The second-order valence-electron chi connectivity index (χ2n) is 4.40. The van der Waals surface area contributed by atoms with Crippen LogP contribution in [-0.4, -0.2) is 9.78 Å². The molecule has 2 N–H and O–H groups in total. The predicted molar refractivity (Wildman–Crippen MR) is 75.7 cm³/mol. The van der Waals surface area contributed by atoms with E-state index in [0.29, 0.717) is 0 Å². The Kier molecular flexibility index (Phi) is 4.09. The molecule has 0 aliphatic heterocycles. The van der Waals surface area contributed by atoms with Crippen molar-refractivity contribution in [2.24, 2.45) is 12.8 Å². The molecule has 0 aliphatic rings. The number of aryl methyl sites for hydroxylation is 2. The largest absolute Gasteiger partial charge is 0.324 e. The van der Waals surface area contributed by atoms with Gasteiger partial charge in [0.1, 0.15) is 0 Å². The summed E-state index contributed by atoms with van der Waals surface area (Å²) >= 11 is 1.73. The molecule has 1 aromatic heterocycles. The smallest absolute Gasteiger partial charge is 0.0987 e. The molecule has 0 spiro atoms. The molecule has 0 amide bonds. The quantitative estimate of drug-likeness (QED) is 0.918. The number of hydrogen-bond acceptors (Lipinski definition) is 3. The minimum Gasteiger partial charge on any atom is -0.324 e. The van der Waals surface area contributed by atoms with Gasteiger partial charge >= 0.3 is 0 Å². The van der Waals surface area contributed by atoms with Crippen LogP contribution in [0.5, 0.6) is 0 Å². The molecule has 0 aliphatic carbocycles. The first-order valence-corrected chi connectivity index (χ1v) is 6.96. The maximum atomic E-state index is 6.16. The zero-order valence-corrected chi connectivity index (χ0v) is 11.9. The Morgan fingerprint density at radius 1 is 1.39 bits per heavy atom. The maximum Gasteiger partial charge on any atom is 0.0987 e. The summed E-state index contributed by atoms with van der Waals surface area (Å²) in [5.74, 6) is 0. The van der Waals surface area contributed by atoms with Crippen LogP contribution in [0.1, 0.15) is 30.6 Å². The van der Waals surface area contributed by atoms with Gasteiger partial charge in [-0.2, -0.15) is 5.10 Å². The second kappa shape index (κ2) is 5.59. The molecule has 3 nitrogen and oxygen atoms in total. The lowest BCUT2D eigenvalue weighted by atomic mass is 10.1. The van der Waals surface area contributed by atoms with Crippen molar-refractivity contribution in [1.29, 1.82) is 0 Å². The molecule has 2 rings (SSSR count). The van der Waals surface area contributed by atoms with Crippen molar-refractivity contribution < 1.29 is 0 Å². The van der Waals surface area contributed by atoms with Gasteiger partial charge in [-0.1, -0.05) is 36.9 Å². The fourth-order valence-electron chi connectivity index (χ4n) is 1.89. The average Bonchev–Trinajstić information content (AvgIpc) is 2.67. The lowest BCUT2D eigenvalue weighted by Crippen LogP contribution is -2.09. The van der Waals surface area contributed by atoms with E-state index in [1.807, 2.05) is 24.7 Å². The van der Waals surface area contributed by atoms with Gasteiger partial charge in [0.2, 0.25) is 0 Å². The van der Waals surface area contributed by atoms with E-state index in [9.17, 15) is 0 Å².